The molecule has 1 N–H and O–H groups in total. The number of rotatable bonds is 4. The van der Waals surface area contributed by atoms with E-state index in [4.69, 9.17) is 0 Å². The average molecular weight is 264 g/mol. The summed E-state index contributed by atoms with van der Waals surface area (Å²) in [4.78, 5) is 35.9. The summed E-state index contributed by atoms with van der Waals surface area (Å²) in [6, 6.07) is 1.23. The second-order valence-corrected chi connectivity index (χ2v) is 4.49. The number of likely N-dealkylation sites (tertiary alicyclic amines) is 1. The van der Waals surface area contributed by atoms with E-state index in [-0.39, 0.29) is 24.2 Å². The Labute approximate surface area is 110 Å². The summed E-state index contributed by atoms with van der Waals surface area (Å²) in [5.41, 5.74) is 0.267. The van der Waals surface area contributed by atoms with Gasteiger partial charge < -0.3 is 15.0 Å². The van der Waals surface area contributed by atoms with Crippen molar-refractivity contribution in [2.45, 2.75) is 18.9 Å². The van der Waals surface area contributed by atoms with Gasteiger partial charge in [0.15, 0.2) is 0 Å². The summed E-state index contributed by atoms with van der Waals surface area (Å²) >= 11 is 0. The van der Waals surface area contributed by atoms with E-state index in [1.165, 1.54) is 9.58 Å². The van der Waals surface area contributed by atoms with Gasteiger partial charge in [0.05, 0.1) is 12.6 Å². The zero-order chi connectivity index (χ0) is 13.8. The first-order chi connectivity index (χ1) is 9.11. The molecule has 7 nitrogen and oxygen atoms in total. The van der Waals surface area contributed by atoms with Crippen molar-refractivity contribution in [3.8, 4) is 0 Å². The van der Waals surface area contributed by atoms with Crippen LogP contribution in [0.5, 0.6) is 0 Å². The summed E-state index contributed by atoms with van der Waals surface area (Å²) in [5.74, 6) is -0.630. The molecular formula is C12H16N4O3. The molecule has 102 valence electrons. The second-order valence-electron chi connectivity index (χ2n) is 4.49. The summed E-state index contributed by atoms with van der Waals surface area (Å²) in [5, 5.41) is 6.45. The van der Waals surface area contributed by atoms with Crippen LogP contribution in [0.4, 0.5) is 0 Å². The van der Waals surface area contributed by atoms with Crippen LogP contribution in [-0.2, 0) is 16.6 Å². The number of carbonyl (C=O) groups is 3. The molecule has 0 saturated carbocycles. The summed E-state index contributed by atoms with van der Waals surface area (Å²) < 4.78 is 1.51. The van der Waals surface area contributed by atoms with Crippen LogP contribution in [0.25, 0.3) is 0 Å². The lowest BCUT2D eigenvalue weighted by Crippen LogP contribution is -2.43. The highest BCUT2D eigenvalue weighted by Crippen LogP contribution is 2.14. The topological polar surface area (TPSA) is 84.3 Å². The molecule has 0 aromatic carbocycles. The number of nitrogens with zero attached hydrogens (tertiary/aromatic N) is 3. The van der Waals surface area contributed by atoms with E-state index in [9.17, 15) is 14.4 Å². The lowest BCUT2D eigenvalue weighted by Gasteiger charge is -2.20. The van der Waals surface area contributed by atoms with Crippen LogP contribution in [0.1, 0.15) is 23.3 Å². The molecule has 0 bridgehead atoms. The summed E-state index contributed by atoms with van der Waals surface area (Å²) in [7, 11) is 1.71. The largest absolute Gasteiger partial charge is 0.342 e. The van der Waals surface area contributed by atoms with E-state index in [1.54, 1.807) is 19.3 Å². The smallest absolute Gasteiger partial charge is 0.272 e. The van der Waals surface area contributed by atoms with Crippen molar-refractivity contribution in [3.05, 3.63) is 18.0 Å². The fraction of sp³-hybridized carbons (Fsp3) is 0.500. The van der Waals surface area contributed by atoms with E-state index < -0.39 is 5.91 Å². The van der Waals surface area contributed by atoms with Crippen molar-refractivity contribution in [1.29, 1.82) is 0 Å². The van der Waals surface area contributed by atoms with Crippen LogP contribution in [0.2, 0.25) is 0 Å². The molecule has 0 spiro atoms. The minimum Gasteiger partial charge on any atom is -0.342 e. The van der Waals surface area contributed by atoms with Crippen LogP contribution in [-0.4, -0.2) is 51.9 Å². The Hall–Kier alpha value is -2.18. The monoisotopic (exact) mass is 264 g/mol. The molecule has 1 fully saturated rings. The lowest BCUT2D eigenvalue weighted by molar-refractivity contribution is -0.133. The lowest BCUT2D eigenvalue weighted by atomic mass is 10.2. The van der Waals surface area contributed by atoms with Crippen molar-refractivity contribution < 1.29 is 14.4 Å². The maximum atomic E-state index is 11.9. The van der Waals surface area contributed by atoms with E-state index in [1.807, 2.05) is 0 Å². The normalized spacial score (nSPS) is 18.4. The predicted octanol–water partition coefficient (Wildman–Crippen LogP) is -0.660. The molecule has 1 aromatic heterocycles. The molecule has 0 aliphatic carbocycles. The number of aldehydes is 1. The highest BCUT2D eigenvalue weighted by atomic mass is 16.2. The summed E-state index contributed by atoms with van der Waals surface area (Å²) in [6.45, 7) is 0.460. The van der Waals surface area contributed by atoms with Crippen LogP contribution in [0.15, 0.2) is 12.3 Å². The SMILES string of the molecule is Cn1ccc(C(=O)NCC(=O)N2CCCC2C=O)n1. The number of aromatic nitrogens is 2. The van der Waals surface area contributed by atoms with Gasteiger partial charge in [-0.2, -0.15) is 5.10 Å². The fourth-order valence-corrected chi connectivity index (χ4v) is 2.13. The zero-order valence-corrected chi connectivity index (χ0v) is 10.7. The van der Waals surface area contributed by atoms with Gasteiger partial charge in [-0.15, -0.1) is 0 Å². The van der Waals surface area contributed by atoms with E-state index in [0.717, 1.165) is 12.7 Å². The maximum Gasteiger partial charge on any atom is 0.272 e. The van der Waals surface area contributed by atoms with Crippen LogP contribution < -0.4 is 5.32 Å². The summed E-state index contributed by atoms with van der Waals surface area (Å²) in [6.07, 6.45) is 3.96. The Kier molecular flexibility index (Phi) is 3.94. The molecule has 7 heteroatoms. The molecule has 1 saturated heterocycles. The third kappa shape index (κ3) is 2.98. The van der Waals surface area contributed by atoms with Gasteiger partial charge in [0.25, 0.3) is 5.91 Å². The molecule has 2 rings (SSSR count). The Morgan fingerprint density at radius 1 is 1.58 bits per heavy atom. The Morgan fingerprint density at radius 2 is 2.37 bits per heavy atom. The molecule has 2 heterocycles. The van der Waals surface area contributed by atoms with Crippen LogP contribution in [0.3, 0.4) is 0 Å². The van der Waals surface area contributed by atoms with E-state index in [0.29, 0.717) is 13.0 Å². The minimum atomic E-state index is -0.393. The van der Waals surface area contributed by atoms with Crippen molar-refractivity contribution >= 4 is 18.1 Å². The van der Waals surface area contributed by atoms with Crippen LogP contribution in [0, 0.1) is 0 Å². The van der Waals surface area contributed by atoms with Gasteiger partial charge in [-0.05, 0) is 18.9 Å². The molecule has 1 aliphatic rings. The molecule has 1 unspecified atom stereocenters. The second kappa shape index (κ2) is 5.64. The maximum absolute atomic E-state index is 11.9. The van der Waals surface area contributed by atoms with Gasteiger partial charge in [0, 0.05) is 19.8 Å². The third-order valence-corrected chi connectivity index (χ3v) is 3.12. The van der Waals surface area contributed by atoms with Gasteiger partial charge in [0.2, 0.25) is 5.91 Å². The Bertz CT molecular complexity index is 497. The number of carbonyl (C=O) groups excluding carboxylic acids is 3. The van der Waals surface area contributed by atoms with Gasteiger partial charge in [-0.1, -0.05) is 0 Å². The Morgan fingerprint density at radius 3 is 3.00 bits per heavy atom. The molecular weight excluding hydrogens is 248 g/mol. The van der Waals surface area contributed by atoms with E-state index >= 15 is 0 Å². The first kappa shape index (κ1) is 13.3. The highest BCUT2D eigenvalue weighted by molar-refractivity contribution is 5.95. The van der Waals surface area contributed by atoms with Crippen molar-refractivity contribution in [1.82, 2.24) is 20.0 Å². The Balaban J connectivity index is 1.86. The first-order valence-corrected chi connectivity index (χ1v) is 6.14. The quantitative estimate of drug-likeness (QED) is 0.732. The molecule has 1 aromatic rings. The van der Waals surface area contributed by atoms with Crippen molar-refractivity contribution in [2.24, 2.45) is 7.05 Å². The molecule has 2 amide bonds. The third-order valence-electron chi connectivity index (χ3n) is 3.12. The molecule has 0 radical (unpaired) electrons. The standard InChI is InChI=1S/C12H16N4O3/c1-15-6-4-10(14-15)12(19)13-7-11(18)16-5-2-3-9(16)8-17/h4,6,8-9H,2-3,5,7H2,1H3,(H,13,19). The van der Waals surface area contributed by atoms with Crippen molar-refractivity contribution in [3.63, 3.8) is 0 Å². The molecule has 1 atom stereocenters. The van der Waals surface area contributed by atoms with Gasteiger partial charge in [0.1, 0.15) is 12.0 Å². The highest BCUT2D eigenvalue weighted by Gasteiger charge is 2.28. The van der Waals surface area contributed by atoms with E-state index in [2.05, 4.69) is 10.4 Å². The number of hydrogen-bond acceptors (Lipinski definition) is 4. The fourth-order valence-electron chi connectivity index (χ4n) is 2.13. The van der Waals surface area contributed by atoms with Gasteiger partial charge >= 0.3 is 0 Å². The molecule has 1 aliphatic heterocycles. The van der Waals surface area contributed by atoms with Crippen molar-refractivity contribution in [2.75, 3.05) is 13.1 Å². The molecule has 19 heavy (non-hydrogen) atoms. The predicted molar refractivity (Wildman–Crippen MR) is 66.3 cm³/mol. The number of aryl methyl sites for hydroxylation is 1. The average Bonchev–Trinajstić information content (AvgIpc) is 3.03. The van der Waals surface area contributed by atoms with Gasteiger partial charge in [-0.3, -0.25) is 14.3 Å². The van der Waals surface area contributed by atoms with Gasteiger partial charge in [-0.25, -0.2) is 0 Å². The first-order valence-electron chi connectivity index (χ1n) is 6.14. The number of nitrogens with one attached hydrogen (secondary N) is 1. The minimum absolute atomic E-state index is 0.111. The number of amides is 2. The zero-order valence-electron chi connectivity index (χ0n) is 10.7. The number of hydrogen-bond donors (Lipinski definition) is 1. The van der Waals surface area contributed by atoms with Crippen LogP contribution >= 0.6 is 0 Å².